The van der Waals surface area contributed by atoms with Crippen molar-refractivity contribution in [3.8, 4) is 11.5 Å². The van der Waals surface area contributed by atoms with E-state index < -0.39 is 5.54 Å². The number of halogens is 1. The number of carbonyl (C=O) groups excluding carboxylic acids is 2. The molecule has 0 saturated carbocycles. The Morgan fingerprint density at radius 3 is 2.79 bits per heavy atom. The maximum Gasteiger partial charge on any atom is 0.253 e. The molecular formula is C21H20ClN3O4. The summed E-state index contributed by atoms with van der Waals surface area (Å²) in [6.07, 6.45) is 0. The number of anilines is 1. The lowest BCUT2D eigenvalue weighted by molar-refractivity contribution is -0.121. The summed E-state index contributed by atoms with van der Waals surface area (Å²) in [5.74, 6) is 0.642. The summed E-state index contributed by atoms with van der Waals surface area (Å²) in [5.41, 5.74) is 1.22. The lowest BCUT2D eigenvalue weighted by Gasteiger charge is -2.33. The molecule has 5 rings (SSSR count). The number of para-hydroxylation sites is 1. The summed E-state index contributed by atoms with van der Waals surface area (Å²) in [5, 5.41) is 6.61. The minimum atomic E-state index is -0.683. The molecule has 0 spiro atoms. The number of fused-ring (bicyclic) bond motifs is 3. The van der Waals surface area contributed by atoms with Crippen molar-refractivity contribution >= 4 is 29.1 Å². The second-order valence-corrected chi connectivity index (χ2v) is 8.33. The van der Waals surface area contributed by atoms with Crippen LogP contribution in [0.1, 0.15) is 22.8 Å². The number of benzene rings is 2. The maximum absolute atomic E-state index is 13.0. The third-order valence-electron chi connectivity index (χ3n) is 5.84. The lowest BCUT2D eigenvalue weighted by Crippen LogP contribution is -2.56. The van der Waals surface area contributed by atoms with Gasteiger partial charge in [-0.05, 0) is 30.7 Å². The number of hydrogen-bond donors (Lipinski definition) is 2. The van der Waals surface area contributed by atoms with Crippen LogP contribution >= 0.6 is 11.6 Å². The van der Waals surface area contributed by atoms with E-state index in [1.807, 2.05) is 13.0 Å². The summed E-state index contributed by atoms with van der Waals surface area (Å²) < 4.78 is 10.8. The average Bonchev–Trinajstić information content (AvgIpc) is 3.25. The van der Waals surface area contributed by atoms with E-state index in [0.717, 1.165) is 5.56 Å². The topological polar surface area (TPSA) is 79.9 Å². The van der Waals surface area contributed by atoms with Gasteiger partial charge in [-0.1, -0.05) is 23.7 Å². The zero-order valence-electron chi connectivity index (χ0n) is 15.8. The van der Waals surface area contributed by atoms with Gasteiger partial charge < -0.3 is 20.1 Å². The molecule has 3 aliphatic rings. The van der Waals surface area contributed by atoms with Crippen molar-refractivity contribution in [2.75, 3.05) is 25.2 Å². The van der Waals surface area contributed by atoms with Crippen LogP contribution in [0, 0.1) is 5.92 Å². The van der Waals surface area contributed by atoms with Gasteiger partial charge in [-0.25, -0.2) is 0 Å². The fourth-order valence-corrected chi connectivity index (χ4v) is 4.59. The van der Waals surface area contributed by atoms with Gasteiger partial charge in [0, 0.05) is 30.7 Å². The SMILES string of the molecule is C[C@]12CN(Cc3cc4c(cc3Cl)OCO4)C[C@H]1C(=O)Nc1ccccc1C(=O)N2. The number of rotatable bonds is 2. The fourth-order valence-electron chi connectivity index (χ4n) is 4.38. The first-order valence-electron chi connectivity index (χ1n) is 9.46. The number of carbonyl (C=O) groups is 2. The molecule has 1 saturated heterocycles. The summed E-state index contributed by atoms with van der Waals surface area (Å²) in [4.78, 5) is 27.9. The zero-order valence-corrected chi connectivity index (χ0v) is 16.6. The minimum Gasteiger partial charge on any atom is -0.454 e. The molecule has 2 N–H and O–H groups in total. The molecule has 2 aromatic rings. The number of amides is 2. The van der Waals surface area contributed by atoms with Crippen LogP contribution in [0.3, 0.4) is 0 Å². The largest absolute Gasteiger partial charge is 0.454 e. The normalized spacial score (nSPS) is 25.5. The second-order valence-electron chi connectivity index (χ2n) is 7.93. The first-order valence-corrected chi connectivity index (χ1v) is 9.83. The van der Waals surface area contributed by atoms with Gasteiger partial charge >= 0.3 is 0 Å². The highest BCUT2D eigenvalue weighted by Gasteiger charge is 2.49. The Hall–Kier alpha value is -2.77. The highest BCUT2D eigenvalue weighted by molar-refractivity contribution is 6.31. The molecule has 2 aromatic carbocycles. The van der Waals surface area contributed by atoms with Gasteiger partial charge in [0.2, 0.25) is 12.7 Å². The molecule has 0 aromatic heterocycles. The second kappa shape index (κ2) is 6.64. The van der Waals surface area contributed by atoms with E-state index in [1.54, 1.807) is 30.3 Å². The van der Waals surface area contributed by atoms with Crippen molar-refractivity contribution in [2.45, 2.75) is 19.0 Å². The summed E-state index contributed by atoms with van der Waals surface area (Å²) in [6.45, 7) is 3.69. The number of nitrogens with one attached hydrogen (secondary N) is 2. The van der Waals surface area contributed by atoms with Crippen molar-refractivity contribution in [1.29, 1.82) is 0 Å². The third kappa shape index (κ3) is 3.10. The molecule has 8 heteroatoms. The van der Waals surface area contributed by atoms with Crippen molar-refractivity contribution in [3.05, 3.63) is 52.5 Å². The van der Waals surface area contributed by atoms with Crippen LogP contribution in [0.25, 0.3) is 0 Å². The lowest BCUT2D eigenvalue weighted by atomic mass is 9.86. The summed E-state index contributed by atoms with van der Waals surface area (Å²) >= 11 is 6.43. The van der Waals surface area contributed by atoms with Crippen LogP contribution in [0.15, 0.2) is 36.4 Å². The van der Waals surface area contributed by atoms with Gasteiger partial charge in [0.1, 0.15) is 0 Å². The Bertz CT molecular complexity index is 1030. The molecule has 0 bridgehead atoms. The predicted octanol–water partition coefficient (Wildman–Crippen LogP) is 2.64. The van der Waals surface area contributed by atoms with E-state index in [0.29, 0.717) is 47.4 Å². The van der Waals surface area contributed by atoms with E-state index in [4.69, 9.17) is 21.1 Å². The monoisotopic (exact) mass is 413 g/mol. The van der Waals surface area contributed by atoms with E-state index in [1.165, 1.54) is 0 Å². The molecule has 0 unspecified atom stereocenters. The molecule has 3 aliphatic heterocycles. The highest BCUT2D eigenvalue weighted by Crippen LogP contribution is 2.39. The number of ether oxygens (including phenoxy) is 2. The van der Waals surface area contributed by atoms with Crippen molar-refractivity contribution in [2.24, 2.45) is 5.92 Å². The van der Waals surface area contributed by atoms with Gasteiger partial charge in [-0.3, -0.25) is 14.5 Å². The van der Waals surface area contributed by atoms with Gasteiger partial charge in [-0.2, -0.15) is 0 Å². The molecule has 2 amide bonds. The minimum absolute atomic E-state index is 0.0979. The number of likely N-dealkylation sites (tertiary alicyclic amines) is 1. The standard InChI is InChI=1S/C21H20ClN3O4/c1-21-10-25(8-12-6-17-18(7-15(12)22)29-11-28-17)9-14(21)20(27)23-16-5-3-2-4-13(16)19(26)24-21/h2-7,14H,8-11H2,1H3,(H,23,27)(H,24,26)/t14-,21-/m0/s1. The molecule has 1 fully saturated rings. The van der Waals surface area contributed by atoms with E-state index in [9.17, 15) is 9.59 Å². The Labute approximate surface area is 172 Å². The van der Waals surface area contributed by atoms with E-state index >= 15 is 0 Å². The first kappa shape index (κ1) is 18.3. The molecule has 29 heavy (non-hydrogen) atoms. The van der Waals surface area contributed by atoms with Gasteiger partial charge in [0.25, 0.3) is 5.91 Å². The van der Waals surface area contributed by atoms with Crippen LogP contribution in [0.2, 0.25) is 5.02 Å². The van der Waals surface area contributed by atoms with Crippen LogP contribution in [-0.2, 0) is 11.3 Å². The Morgan fingerprint density at radius 1 is 1.21 bits per heavy atom. The number of hydrogen-bond acceptors (Lipinski definition) is 5. The van der Waals surface area contributed by atoms with Crippen molar-refractivity contribution in [3.63, 3.8) is 0 Å². The molecule has 3 heterocycles. The molecule has 0 radical (unpaired) electrons. The summed E-state index contributed by atoms with van der Waals surface area (Å²) in [7, 11) is 0. The Balaban J connectivity index is 1.41. The highest BCUT2D eigenvalue weighted by atomic mass is 35.5. The van der Waals surface area contributed by atoms with E-state index in [-0.39, 0.29) is 24.5 Å². The molecule has 150 valence electrons. The smallest absolute Gasteiger partial charge is 0.253 e. The van der Waals surface area contributed by atoms with Crippen LogP contribution < -0.4 is 20.1 Å². The van der Waals surface area contributed by atoms with Crippen molar-refractivity contribution < 1.29 is 19.1 Å². The average molecular weight is 414 g/mol. The van der Waals surface area contributed by atoms with Crippen LogP contribution in [-0.4, -0.2) is 42.1 Å². The van der Waals surface area contributed by atoms with Crippen LogP contribution in [0.4, 0.5) is 5.69 Å². The predicted molar refractivity (Wildman–Crippen MR) is 107 cm³/mol. The Kier molecular flexibility index (Phi) is 4.18. The maximum atomic E-state index is 13.0. The van der Waals surface area contributed by atoms with Crippen LogP contribution in [0.5, 0.6) is 11.5 Å². The zero-order chi connectivity index (χ0) is 20.2. The fraction of sp³-hybridized carbons (Fsp3) is 0.333. The third-order valence-corrected chi connectivity index (χ3v) is 6.19. The first-order chi connectivity index (χ1) is 13.9. The quantitative estimate of drug-likeness (QED) is 0.791. The summed E-state index contributed by atoms with van der Waals surface area (Å²) in [6, 6.07) is 10.7. The molecular weight excluding hydrogens is 394 g/mol. The van der Waals surface area contributed by atoms with Crippen molar-refractivity contribution in [1.82, 2.24) is 10.2 Å². The Morgan fingerprint density at radius 2 is 1.97 bits per heavy atom. The molecule has 0 aliphatic carbocycles. The van der Waals surface area contributed by atoms with Gasteiger partial charge in [0.15, 0.2) is 11.5 Å². The number of nitrogens with zero attached hydrogens (tertiary/aromatic N) is 1. The van der Waals surface area contributed by atoms with Gasteiger partial charge in [-0.15, -0.1) is 0 Å². The van der Waals surface area contributed by atoms with E-state index in [2.05, 4.69) is 15.5 Å². The molecule has 7 nitrogen and oxygen atoms in total. The molecule has 2 atom stereocenters. The van der Waals surface area contributed by atoms with Gasteiger partial charge in [0.05, 0.1) is 22.7 Å².